The van der Waals surface area contributed by atoms with E-state index in [1.165, 1.54) is 6.07 Å². The van der Waals surface area contributed by atoms with Crippen molar-refractivity contribution in [2.24, 2.45) is 0 Å². The predicted octanol–water partition coefficient (Wildman–Crippen LogP) is 1.51. The van der Waals surface area contributed by atoms with Gasteiger partial charge < -0.3 is 15.5 Å². The first-order valence-corrected chi connectivity index (χ1v) is 6.50. The van der Waals surface area contributed by atoms with Gasteiger partial charge in [-0.1, -0.05) is 19.1 Å². The second kappa shape index (κ2) is 7.74. The summed E-state index contributed by atoms with van der Waals surface area (Å²) >= 11 is 0. The maximum Gasteiger partial charge on any atom is 0.221 e. The molecule has 0 aromatic heterocycles. The third-order valence-electron chi connectivity index (χ3n) is 2.97. The maximum atomic E-state index is 14.0. The molecule has 1 aromatic rings. The van der Waals surface area contributed by atoms with E-state index in [4.69, 9.17) is 0 Å². The number of amides is 1. The number of nitrogens with one attached hydrogen (secondary N) is 2. The molecule has 0 fully saturated rings. The van der Waals surface area contributed by atoms with Crippen molar-refractivity contribution in [3.05, 3.63) is 29.6 Å². The SMILES string of the molecule is CCNCc1cccc(F)c1N(C)CCC(=O)NC. The number of rotatable bonds is 7. The van der Waals surface area contributed by atoms with Gasteiger partial charge in [0.25, 0.3) is 0 Å². The van der Waals surface area contributed by atoms with Crippen LogP contribution in [0, 0.1) is 5.82 Å². The van der Waals surface area contributed by atoms with Crippen LogP contribution >= 0.6 is 0 Å². The van der Waals surface area contributed by atoms with Crippen molar-refractivity contribution in [1.82, 2.24) is 10.6 Å². The molecule has 0 radical (unpaired) electrons. The van der Waals surface area contributed by atoms with Gasteiger partial charge in [0, 0.05) is 33.6 Å². The molecule has 1 aromatic carbocycles. The van der Waals surface area contributed by atoms with Crippen molar-refractivity contribution in [2.75, 3.05) is 32.1 Å². The summed E-state index contributed by atoms with van der Waals surface area (Å²) in [7, 11) is 3.40. The highest BCUT2D eigenvalue weighted by Gasteiger charge is 2.13. The van der Waals surface area contributed by atoms with E-state index in [0.29, 0.717) is 25.2 Å². The third-order valence-corrected chi connectivity index (χ3v) is 2.97. The minimum Gasteiger partial charge on any atom is -0.371 e. The summed E-state index contributed by atoms with van der Waals surface area (Å²) in [4.78, 5) is 13.0. The number of carbonyl (C=O) groups excluding carboxylic acids is 1. The average Bonchev–Trinajstić information content (AvgIpc) is 2.42. The summed E-state index contributed by atoms with van der Waals surface area (Å²) in [6.45, 7) is 3.94. The molecular formula is C14H22FN3O. The van der Waals surface area contributed by atoms with Crippen LogP contribution in [-0.4, -0.2) is 33.1 Å². The van der Waals surface area contributed by atoms with Crippen molar-refractivity contribution in [3.8, 4) is 0 Å². The van der Waals surface area contributed by atoms with E-state index in [1.807, 2.05) is 13.0 Å². The number of anilines is 1. The first-order chi connectivity index (χ1) is 9.10. The Labute approximate surface area is 114 Å². The lowest BCUT2D eigenvalue weighted by Crippen LogP contribution is -2.28. The van der Waals surface area contributed by atoms with Gasteiger partial charge in [-0.05, 0) is 18.2 Å². The zero-order chi connectivity index (χ0) is 14.3. The standard InChI is InChI=1S/C14H22FN3O/c1-4-17-10-11-6-5-7-12(15)14(11)18(3)9-8-13(19)16-2/h5-7,17H,4,8-10H2,1-3H3,(H,16,19). The summed E-state index contributed by atoms with van der Waals surface area (Å²) in [5.41, 5.74) is 1.47. The molecule has 0 aliphatic rings. The Morgan fingerprint density at radius 3 is 2.79 bits per heavy atom. The molecule has 2 N–H and O–H groups in total. The van der Waals surface area contributed by atoms with E-state index in [2.05, 4.69) is 10.6 Å². The van der Waals surface area contributed by atoms with Gasteiger partial charge in [0.2, 0.25) is 5.91 Å². The van der Waals surface area contributed by atoms with Gasteiger partial charge >= 0.3 is 0 Å². The van der Waals surface area contributed by atoms with Crippen LogP contribution < -0.4 is 15.5 Å². The van der Waals surface area contributed by atoms with Crippen LogP contribution in [0.25, 0.3) is 0 Å². The van der Waals surface area contributed by atoms with Gasteiger partial charge in [0.15, 0.2) is 0 Å². The largest absolute Gasteiger partial charge is 0.371 e. The van der Waals surface area contributed by atoms with Crippen molar-refractivity contribution in [3.63, 3.8) is 0 Å². The van der Waals surface area contributed by atoms with Gasteiger partial charge in [-0.2, -0.15) is 0 Å². The Hall–Kier alpha value is -1.62. The smallest absolute Gasteiger partial charge is 0.221 e. The molecule has 0 atom stereocenters. The van der Waals surface area contributed by atoms with Gasteiger partial charge in [-0.3, -0.25) is 4.79 Å². The molecule has 0 saturated heterocycles. The maximum absolute atomic E-state index is 14.0. The summed E-state index contributed by atoms with van der Waals surface area (Å²) < 4.78 is 14.0. The second-order valence-electron chi connectivity index (χ2n) is 4.37. The molecule has 0 unspecified atom stereocenters. The number of hydrogen-bond donors (Lipinski definition) is 2. The normalized spacial score (nSPS) is 10.3. The van der Waals surface area contributed by atoms with Crippen LogP contribution in [0.5, 0.6) is 0 Å². The van der Waals surface area contributed by atoms with Crippen LogP contribution in [0.1, 0.15) is 18.9 Å². The predicted molar refractivity (Wildman–Crippen MR) is 75.7 cm³/mol. The number of benzene rings is 1. The lowest BCUT2D eigenvalue weighted by atomic mass is 10.1. The van der Waals surface area contributed by atoms with E-state index in [1.54, 1.807) is 25.1 Å². The molecule has 0 saturated carbocycles. The Bertz CT molecular complexity index is 423. The highest BCUT2D eigenvalue weighted by molar-refractivity contribution is 5.76. The highest BCUT2D eigenvalue weighted by Crippen LogP contribution is 2.23. The minimum atomic E-state index is -0.255. The summed E-state index contributed by atoms with van der Waals surface area (Å²) in [6, 6.07) is 5.05. The fraction of sp³-hybridized carbons (Fsp3) is 0.500. The molecule has 106 valence electrons. The van der Waals surface area contributed by atoms with Crippen LogP contribution in [0.4, 0.5) is 10.1 Å². The fourth-order valence-corrected chi connectivity index (χ4v) is 1.90. The first kappa shape index (κ1) is 15.4. The average molecular weight is 267 g/mol. The molecular weight excluding hydrogens is 245 g/mol. The van der Waals surface area contributed by atoms with E-state index in [0.717, 1.165) is 12.1 Å². The van der Waals surface area contributed by atoms with E-state index in [9.17, 15) is 9.18 Å². The summed E-state index contributed by atoms with van der Waals surface area (Å²) in [5, 5.41) is 5.75. The van der Waals surface area contributed by atoms with Crippen molar-refractivity contribution >= 4 is 11.6 Å². The molecule has 5 heteroatoms. The summed E-state index contributed by atoms with van der Waals surface area (Å²) in [5.74, 6) is -0.300. The van der Waals surface area contributed by atoms with Gasteiger partial charge in [0.1, 0.15) is 5.82 Å². The van der Waals surface area contributed by atoms with Crippen LogP contribution in [-0.2, 0) is 11.3 Å². The monoisotopic (exact) mass is 267 g/mol. The van der Waals surface area contributed by atoms with Gasteiger partial charge in [-0.25, -0.2) is 4.39 Å². The van der Waals surface area contributed by atoms with Gasteiger partial charge in [0.05, 0.1) is 5.69 Å². The van der Waals surface area contributed by atoms with Crippen LogP contribution in [0.3, 0.4) is 0 Å². The summed E-state index contributed by atoms with van der Waals surface area (Å²) in [6.07, 6.45) is 0.349. The van der Waals surface area contributed by atoms with Crippen molar-refractivity contribution < 1.29 is 9.18 Å². The van der Waals surface area contributed by atoms with Crippen LogP contribution in [0.2, 0.25) is 0 Å². The molecule has 1 rings (SSSR count). The number of para-hydroxylation sites is 1. The third kappa shape index (κ3) is 4.52. The number of nitrogens with zero attached hydrogens (tertiary/aromatic N) is 1. The van der Waals surface area contributed by atoms with Crippen LogP contribution in [0.15, 0.2) is 18.2 Å². The Kier molecular flexibility index (Phi) is 6.29. The fourth-order valence-electron chi connectivity index (χ4n) is 1.90. The van der Waals surface area contributed by atoms with E-state index >= 15 is 0 Å². The van der Waals surface area contributed by atoms with E-state index in [-0.39, 0.29) is 11.7 Å². The Morgan fingerprint density at radius 1 is 1.42 bits per heavy atom. The first-order valence-electron chi connectivity index (χ1n) is 6.50. The lowest BCUT2D eigenvalue weighted by Gasteiger charge is -2.23. The molecule has 0 aliphatic carbocycles. The molecule has 0 bridgehead atoms. The van der Waals surface area contributed by atoms with Crippen molar-refractivity contribution in [2.45, 2.75) is 19.9 Å². The molecule has 0 aliphatic heterocycles. The molecule has 4 nitrogen and oxygen atoms in total. The second-order valence-corrected chi connectivity index (χ2v) is 4.37. The number of carbonyl (C=O) groups is 1. The molecule has 0 spiro atoms. The van der Waals surface area contributed by atoms with E-state index < -0.39 is 0 Å². The Morgan fingerprint density at radius 2 is 2.16 bits per heavy atom. The zero-order valence-electron chi connectivity index (χ0n) is 11.8. The zero-order valence-corrected chi connectivity index (χ0v) is 11.8. The van der Waals surface area contributed by atoms with Gasteiger partial charge in [-0.15, -0.1) is 0 Å². The number of halogens is 1. The molecule has 19 heavy (non-hydrogen) atoms. The quantitative estimate of drug-likeness (QED) is 0.787. The topological polar surface area (TPSA) is 44.4 Å². The molecule has 0 heterocycles. The minimum absolute atomic E-state index is 0.0450. The van der Waals surface area contributed by atoms with Crippen molar-refractivity contribution in [1.29, 1.82) is 0 Å². The number of hydrogen-bond acceptors (Lipinski definition) is 3. The highest BCUT2D eigenvalue weighted by atomic mass is 19.1. The Balaban J connectivity index is 2.81. The molecule has 1 amide bonds. The lowest BCUT2D eigenvalue weighted by molar-refractivity contribution is -0.120.